The molecule has 1 aliphatic rings. The van der Waals surface area contributed by atoms with Crippen molar-refractivity contribution in [3.8, 4) is 0 Å². The number of nitrogens with zero attached hydrogens (tertiary/aromatic N) is 2. The largest absolute Gasteiger partial charge is 0.326 e. The number of anilines is 1. The first kappa shape index (κ1) is 15.1. The van der Waals surface area contributed by atoms with E-state index in [-0.39, 0.29) is 0 Å². The molecule has 0 spiro atoms. The fourth-order valence-electron chi connectivity index (χ4n) is 3.30. The molecule has 0 saturated heterocycles. The van der Waals surface area contributed by atoms with Crippen LogP contribution in [0.5, 0.6) is 0 Å². The van der Waals surface area contributed by atoms with Crippen LogP contribution in [0.4, 0.5) is 5.69 Å². The lowest BCUT2D eigenvalue weighted by Gasteiger charge is -2.21. The van der Waals surface area contributed by atoms with Gasteiger partial charge in [-0.25, -0.2) is 0 Å². The maximum Gasteiger partial charge on any atom is 0.136 e. The zero-order chi connectivity index (χ0) is 15.4. The van der Waals surface area contributed by atoms with Crippen molar-refractivity contribution in [2.24, 2.45) is 4.99 Å². The molecule has 2 aromatic carbocycles. The van der Waals surface area contributed by atoms with Gasteiger partial charge in [0.05, 0.1) is 5.69 Å². The van der Waals surface area contributed by atoms with Crippen LogP contribution in [0.3, 0.4) is 0 Å². The van der Waals surface area contributed by atoms with E-state index in [0.29, 0.717) is 0 Å². The second-order valence-corrected chi connectivity index (χ2v) is 6.10. The highest BCUT2D eigenvalue weighted by molar-refractivity contribution is 6.27. The summed E-state index contributed by atoms with van der Waals surface area (Å²) in [5.74, 6) is 1.19. The van der Waals surface area contributed by atoms with Gasteiger partial charge < -0.3 is 4.90 Å². The van der Waals surface area contributed by atoms with Crippen LogP contribution >= 0.6 is 0 Å². The van der Waals surface area contributed by atoms with Crippen molar-refractivity contribution >= 4 is 22.3 Å². The van der Waals surface area contributed by atoms with Crippen molar-refractivity contribution in [3.63, 3.8) is 0 Å². The molecule has 1 heterocycles. The molecule has 2 nitrogen and oxygen atoms in total. The lowest BCUT2D eigenvalue weighted by Crippen LogP contribution is -2.29. The first-order valence-corrected chi connectivity index (χ1v) is 8.71. The highest BCUT2D eigenvalue weighted by atomic mass is 15.2. The van der Waals surface area contributed by atoms with E-state index in [2.05, 4.69) is 55.1 Å². The number of aliphatic imine (C=N–C) groups is 1. The normalized spacial score (nSPS) is 15.2. The molecular formula is C20H26N2. The molecule has 0 fully saturated rings. The molecule has 0 N–H and O–H groups in total. The fourth-order valence-corrected chi connectivity index (χ4v) is 3.30. The van der Waals surface area contributed by atoms with Gasteiger partial charge in [0.15, 0.2) is 0 Å². The van der Waals surface area contributed by atoms with Gasteiger partial charge in [-0.05, 0) is 24.3 Å². The van der Waals surface area contributed by atoms with Gasteiger partial charge in [-0.1, -0.05) is 63.4 Å². The minimum atomic E-state index is 0.908. The summed E-state index contributed by atoms with van der Waals surface area (Å²) in [6.45, 7) is 6.44. The number of unbranched alkanes of at least 4 members (excludes halogenated alkanes) is 3. The van der Waals surface area contributed by atoms with Gasteiger partial charge in [-0.2, -0.15) is 0 Å². The molecule has 0 aliphatic carbocycles. The van der Waals surface area contributed by atoms with Gasteiger partial charge in [0.1, 0.15) is 5.84 Å². The van der Waals surface area contributed by atoms with Crippen LogP contribution in [-0.4, -0.2) is 18.9 Å². The van der Waals surface area contributed by atoms with Crippen LogP contribution in [0.25, 0.3) is 10.8 Å². The lowest BCUT2D eigenvalue weighted by atomic mass is 10.1. The second-order valence-electron chi connectivity index (χ2n) is 6.10. The summed E-state index contributed by atoms with van der Waals surface area (Å²) in [4.78, 5) is 7.35. The molecule has 0 saturated carbocycles. The summed E-state index contributed by atoms with van der Waals surface area (Å²) in [7, 11) is 0. The smallest absolute Gasteiger partial charge is 0.136 e. The third-order valence-corrected chi connectivity index (χ3v) is 4.39. The SMILES string of the molecule is CCCCCCN1C(=NCCC)c2cccc3cccc1c23. The Morgan fingerprint density at radius 1 is 0.909 bits per heavy atom. The Labute approximate surface area is 133 Å². The van der Waals surface area contributed by atoms with Crippen molar-refractivity contribution in [2.75, 3.05) is 18.0 Å². The number of benzene rings is 2. The molecule has 2 heteroatoms. The monoisotopic (exact) mass is 294 g/mol. The van der Waals surface area contributed by atoms with Crippen LogP contribution in [0.1, 0.15) is 51.5 Å². The van der Waals surface area contributed by atoms with Crippen molar-refractivity contribution < 1.29 is 0 Å². The Morgan fingerprint density at radius 2 is 1.73 bits per heavy atom. The number of hydrogen-bond acceptors (Lipinski definition) is 1. The van der Waals surface area contributed by atoms with Gasteiger partial charge >= 0.3 is 0 Å². The van der Waals surface area contributed by atoms with E-state index >= 15 is 0 Å². The maximum atomic E-state index is 4.90. The number of hydrogen-bond donors (Lipinski definition) is 0. The van der Waals surface area contributed by atoms with Crippen LogP contribution < -0.4 is 4.90 Å². The molecule has 116 valence electrons. The minimum absolute atomic E-state index is 0.908. The van der Waals surface area contributed by atoms with Crippen LogP contribution in [0.2, 0.25) is 0 Å². The van der Waals surface area contributed by atoms with Crippen LogP contribution in [0, 0.1) is 0 Å². The number of rotatable bonds is 7. The Morgan fingerprint density at radius 3 is 2.50 bits per heavy atom. The first-order chi connectivity index (χ1) is 10.9. The van der Waals surface area contributed by atoms with Crippen molar-refractivity contribution in [3.05, 3.63) is 42.0 Å². The van der Waals surface area contributed by atoms with Gasteiger partial charge in [-0.3, -0.25) is 4.99 Å². The summed E-state index contributed by atoms with van der Waals surface area (Å²) in [6.07, 6.45) is 6.25. The molecule has 0 amide bonds. The molecule has 22 heavy (non-hydrogen) atoms. The zero-order valence-electron chi connectivity index (χ0n) is 13.8. The first-order valence-electron chi connectivity index (χ1n) is 8.71. The van der Waals surface area contributed by atoms with E-state index in [1.165, 1.54) is 53.5 Å². The molecule has 0 bridgehead atoms. The van der Waals surface area contributed by atoms with Gasteiger partial charge in [0.2, 0.25) is 0 Å². The molecule has 0 atom stereocenters. The molecule has 3 rings (SSSR count). The predicted molar refractivity (Wildman–Crippen MR) is 97.1 cm³/mol. The third kappa shape index (κ3) is 2.75. The standard InChI is InChI=1S/C20H26N2/c1-3-5-6-7-15-22-18-13-9-11-16-10-8-12-17(19(16)18)20(22)21-14-4-2/h8-13H,3-7,14-15H2,1-2H3. The molecule has 1 aliphatic heterocycles. The Bertz CT molecular complexity index is 667. The molecule has 0 aromatic heterocycles. The summed E-state index contributed by atoms with van der Waals surface area (Å²) < 4.78 is 0. The highest BCUT2D eigenvalue weighted by Gasteiger charge is 2.26. The van der Waals surface area contributed by atoms with E-state index in [1.54, 1.807) is 0 Å². The zero-order valence-corrected chi connectivity index (χ0v) is 13.8. The van der Waals surface area contributed by atoms with Crippen LogP contribution in [-0.2, 0) is 0 Å². The Kier molecular flexibility index (Phi) is 4.77. The minimum Gasteiger partial charge on any atom is -0.326 e. The van der Waals surface area contributed by atoms with E-state index < -0.39 is 0 Å². The molecule has 0 radical (unpaired) electrons. The van der Waals surface area contributed by atoms with E-state index in [9.17, 15) is 0 Å². The summed E-state index contributed by atoms with van der Waals surface area (Å²) in [6, 6.07) is 13.2. The predicted octanol–water partition coefficient (Wildman–Crippen LogP) is 5.40. The topological polar surface area (TPSA) is 15.6 Å². The van der Waals surface area contributed by atoms with Gasteiger partial charge in [0.25, 0.3) is 0 Å². The average Bonchev–Trinajstić information content (AvgIpc) is 2.85. The van der Waals surface area contributed by atoms with E-state index in [0.717, 1.165) is 19.5 Å². The van der Waals surface area contributed by atoms with Gasteiger partial charge in [0, 0.05) is 24.0 Å². The average molecular weight is 294 g/mol. The van der Waals surface area contributed by atoms with Crippen molar-refractivity contribution in [1.82, 2.24) is 0 Å². The van der Waals surface area contributed by atoms with Crippen molar-refractivity contribution in [2.45, 2.75) is 46.0 Å². The van der Waals surface area contributed by atoms with E-state index in [4.69, 9.17) is 4.99 Å². The fraction of sp³-hybridized carbons (Fsp3) is 0.450. The summed E-state index contributed by atoms with van der Waals surface area (Å²) in [5.41, 5.74) is 2.66. The Hall–Kier alpha value is -1.83. The molecule has 0 unspecified atom stereocenters. The summed E-state index contributed by atoms with van der Waals surface area (Å²) >= 11 is 0. The highest BCUT2D eigenvalue weighted by Crippen LogP contribution is 2.37. The second kappa shape index (κ2) is 6.95. The molecule has 2 aromatic rings. The van der Waals surface area contributed by atoms with E-state index in [1.807, 2.05) is 0 Å². The maximum absolute atomic E-state index is 4.90. The Balaban J connectivity index is 1.95. The van der Waals surface area contributed by atoms with Gasteiger partial charge in [-0.15, -0.1) is 0 Å². The quantitative estimate of drug-likeness (QED) is 0.624. The lowest BCUT2D eigenvalue weighted by molar-refractivity contribution is 0.672. The summed E-state index contributed by atoms with van der Waals surface area (Å²) in [5, 5.41) is 2.71. The number of amidine groups is 1. The van der Waals surface area contributed by atoms with Crippen LogP contribution in [0.15, 0.2) is 41.4 Å². The molecular weight excluding hydrogens is 268 g/mol. The third-order valence-electron chi connectivity index (χ3n) is 4.39. The van der Waals surface area contributed by atoms with Crippen molar-refractivity contribution in [1.29, 1.82) is 0 Å².